The van der Waals surface area contributed by atoms with Gasteiger partial charge >= 0.3 is 6.09 Å². The molecule has 3 rings (SSSR count). The molecule has 2 fully saturated rings. The molecular weight excluding hydrogens is 518 g/mol. The van der Waals surface area contributed by atoms with Gasteiger partial charge in [-0.05, 0) is 55.7 Å². The van der Waals surface area contributed by atoms with Crippen LogP contribution in [-0.2, 0) is 30.9 Å². The minimum absolute atomic E-state index is 0.0363. The summed E-state index contributed by atoms with van der Waals surface area (Å²) in [6, 6.07) is 4.85. The fraction of sp³-hybridized carbons (Fsp3) is 0.640. The highest BCUT2D eigenvalue weighted by Gasteiger charge is 2.47. The average Bonchev–Trinajstić information content (AvgIpc) is 3.46. The Morgan fingerprint density at radius 1 is 1.18 bits per heavy atom. The molecule has 1 aliphatic carbocycles. The van der Waals surface area contributed by atoms with Crippen LogP contribution in [0, 0.1) is 11.8 Å². The Morgan fingerprint density at radius 3 is 2.34 bits per heavy atom. The zero-order valence-corrected chi connectivity index (χ0v) is 22.6. The highest BCUT2D eigenvalue weighted by Crippen LogP contribution is 2.42. The lowest BCUT2D eigenvalue weighted by Gasteiger charge is -2.28. The molecule has 12 nitrogen and oxygen atoms in total. The number of nitrogens with one attached hydrogen (secondary N) is 3. The van der Waals surface area contributed by atoms with Crippen LogP contribution in [0.4, 0.5) is 4.79 Å². The summed E-state index contributed by atoms with van der Waals surface area (Å²) in [5, 5.41) is 17.8. The summed E-state index contributed by atoms with van der Waals surface area (Å²) in [7, 11) is -3.36. The number of hydrogen-bond donors (Lipinski definition) is 5. The van der Waals surface area contributed by atoms with Gasteiger partial charge < -0.3 is 30.5 Å². The molecule has 0 aromatic heterocycles. The van der Waals surface area contributed by atoms with E-state index in [1.807, 2.05) is 38.1 Å². The first kappa shape index (κ1) is 29.7. The maximum Gasteiger partial charge on any atom is 0.408 e. The van der Waals surface area contributed by atoms with E-state index < -0.39 is 51.2 Å². The summed E-state index contributed by atoms with van der Waals surface area (Å²) < 4.78 is 43.5. The molecule has 1 unspecified atom stereocenters. The molecule has 2 aliphatic rings. The zero-order valence-electron chi connectivity index (χ0n) is 21.8. The number of aliphatic hydroxyl groups is 1. The van der Waals surface area contributed by atoms with Crippen molar-refractivity contribution in [2.24, 2.45) is 11.8 Å². The van der Waals surface area contributed by atoms with Crippen LogP contribution in [0.2, 0.25) is 0 Å². The number of hydrogen-bond acceptors (Lipinski definition) is 8. The number of benzene rings is 1. The lowest BCUT2D eigenvalue weighted by atomic mass is 9.97. The first-order valence-electron chi connectivity index (χ1n) is 12.7. The number of carbonyl (C=O) groups is 3. The molecule has 1 saturated carbocycles. The third kappa shape index (κ3) is 8.30. The van der Waals surface area contributed by atoms with E-state index in [9.17, 15) is 32.5 Å². The smallest absolute Gasteiger partial charge is 0.408 e. The largest absolute Gasteiger partial charge is 0.497 e. The summed E-state index contributed by atoms with van der Waals surface area (Å²) >= 11 is 0. The molecule has 1 aromatic rings. The van der Waals surface area contributed by atoms with E-state index in [-0.39, 0.29) is 24.7 Å². The fourth-order valence-corrected chi connectivity index (χ4v) is 5.15. The van der Waals surface area contributed by atoms with Crippen molar-refractivity contribution in [1.29, 1.82) is 0 Å². The minimum Gasteiger partial charge on any atom is -0.497 e. The number of alkyl carbamates (subject to hydrolysis) is 1. The van der Waals surface area contributed by atoms with Gasteiger partial charge in [0, 0.05) is 18.9 Å². The molecule has 4 atom stereocenters. The van der Waals surface area contributed by atoms with E-state index >= 15 is 0 Å². The first-order valence-corrected chi connectivity index (χ1v) is 14.2. The van der Waals surface area contributed by atoms with Crippen LogP contribution in [0.3, 0.4) is 0 Å². The topological polar surface area (TPSA) is 180 Å². The maximum atomic E-state index is 13.2. The van der Waals surface area contributed by atoms with Gasteiger partial charge in [-0.2, -0.15) is 8.42 Å². The summed E-state index contributed by atoms with van der Waals surface area (Å²) in [5.74, 6) is -1.07. The second-order valence-electron chi connectivity index (χ2n) is 10.5. The molecule has 1 aliphatic heterocycles. The molecule has 1 heterocycles. The van der Waals surface area contributed by atoms with Gasteiger partial charge in [-0.25, -0.2) is 4.79 Å². The number of aliphatic hydroxyl groups excluding tert-OH is 1. The maximum absolute atomic E-state index is 13.2. The highest BCUT2D eigenvalue weighted by molar-refractivity contribution is 7.86. The van der Waals surface area contributed by atoms with Crippen LogP contribution in [0.15, 0.2) is 24.3 Å². The SMILES string of the molecule is COc1ccc(CC2(OC(=O)N[C@@H](CC(C)C)C(=O)N[C@@H](C[C@@H]3CCNC3=O)C(O)S(=O)(=O)O)CC2)cc1. The van der Waals surface area contributed by atoms with Crippen molar-refractivity contribution in [3.8, 4) is 5.75 Å². The van der Waals surface area contributed by atoms with Crippen LogP contribution >= 0.6 is 0 Å². The van der Waals surface area contributed by atoms with Crippen LogP contribution in [0.1, 0.15) is 51.5 Å². The lowest BCUT2D eigenvalue weighted by Crippen LogP contribution is -2.55. The average molecular weight is 556 g/mol. The molecule has 0 radical (unpaired) electrons. The normalized spacial score (nSPS) is 20.7. The third-order valence-electron chi connectivity index (χ3n) is 6.80. The Kier molecular flexibility index (Phi) is 9.60. The number of methoxy groups -OCH3 is 1. The van der Waals surface area contributed by atoms with Crippen molar-refractivity contribution in [1.82, 2.24) is 16.0 Å². The molecule has 1 aromatic carbocycles. The van der Waals surface area contributed by atoms with Crippen molar-refractivity contribution in [3.63, 3.8) is 0 Å². The van der Waals surface area contributed by atoms with Crippen LogP contribution in [-0.4, -0.2) is 72.8 Å². The Balaban J connectivity index is 1.66. The predicted molar refractivity (Wildman–Crippen MR) is 137 cm³/mol. The van der Waals surface area contributed by atoms with E-state index in [4.69, 9.17) is 9.47 Å². The number of ether oxygens (including phenoxy) is 2. The fourth-order valence-electron chi connectivity index (χ4n) is 4.55. The minimum atomic E-state index is -4.94. The van der Waals surface area contributed by atoms with Gasteiger partial charge in [0.1, 0.15) is 17.4 Å². The monoisotopic (exact) mass is 555 g/mol. The van der Waals surface area contributed by atoms with E-state index in [0.29, 0.717) is 38.0 Å². The molecule has 0 spiro atoms. The summed E-state index contributed by atoms with van der Waals surface area (Å²) in [6.07, 6.45) is 1.42. The van der Waals surface area contributed by atoms with Gasteiger partial charge in [-0.15, -0.1) is 0 Å². The van der Waals surface area contributed by atoms with Gasteiger partial charge in [0.2, 0.25) is 17.3 Å². The van der Waals surface area contributed by atoms with E-state index in [2.05, 4.69) is 16.0 Å². The van der Waals surface area contributed by atoms with E-state index in [1.165, 1.54) is 0 Å². The molecular formula is C25H37N3O9S. The zero-order chi connectivity index (χ0) is 28.1. The second kappa shape index (κ2) is 12.3. The molecule has 13 heteroatoms. The van der Waals surface area contributed by atoms with E-state index in [1.54, 1.807) is 7.11 Å². The quantitative estimate of drug-likeness (QED) is 0.223. The van der Waals surface area contributed by atoms with Crippen molar-refractivity contribution >= 4 is 28.0 Å². The van der Waals surface area contributed by atoms with Crippen LogP contribution in [0.25, 0.3) is 0 Å². The lowest BCUT2D eigenvalue weighted by molar-refractivity contribution is -0.126. The van der Waals surface area contributed by atoms with Crippen molar-refractivity contribution in [2.75, 3.05) is 13.7 Å². The van der Waals surface area contributed by atoms with E-state index in [0.717, 1.165) is 5.56 Å². The summed E-state index contributed by atoms with van der Waals surface area (Å²) in [4.78, 5) is 38.0. The summed E-state index contributed by atoms with van der Waals surface area (Å²) in [5.41, 5.74) is -2.06. The van der Waals surface area contributed by atoms with Gasteiger partial charge in [-0.3, -0.25) is 14.1 Å². The Bertz CT molecular complexity index is 1100. The Hall–Kier alpha value is -2.90. The molecule has 5 N–H and O–H groups in total. The number of rotatable bonds is 13. The Morgan fingerprint density at radius 2 is 1.84 bits per heavy atom. The van der Waals surface area contributed by atoms with Gasteiger partial charge in [0.15, 0.2) is 0 Å². The number of carbonyl (C=O) groups excluding carboxylic acids is 3. The third-order valence-corrected chi connectivity index (χ3v) is 7.74. The molecule has 1 saturated heterocycles. The van der Waals surface area contributed by atoms with Gasteiger partial charge in [0.05, 0.1) is 13.2 Å². The van der Waals surface area contributed by atoms with Crippen LogP contribution in [0.5, 0.6) is 5.75 Å². The molecule has 212 valence electrons. The van der Waals surface area contributed by atoms with Crippen molar-refractivity contribution in [3.05, 3.63) is 29.8 Å². The molecule has 0 bridgehead atoms. The van der Waals surface area contributed by atoms with Crippen molar-refractivity contribution in [2.45, 2.75) is 75.5 Å². The molecule has 38 heavy (non-hydrogen) atoms. The number of amides is 3. The Labute approximate surface area is 222 Å². The standard InChI is InChI=1S/C25H37N3O9S/c1-15(2)12-19(22(30)27-20(23(31)38(33,34)35)13-17-8-11-26-21(17)29)28-24(32)37-25(9-10-25)14-16-4-6-18(36-3)7-5-16/h4-7,15,17,19-20,23,31H,8-14H2,1-3H3,(H,26,29)(H,27,30)(H,28,32)(H,33,34,35)/t17-,19-,20-,23?/m0/s1. The van der Waals surface area contributed by atoms with Crippen LogP contribution < -0.4 is 20.7 Å². The predicted octanol–water partition coefficient (Wildman–Crippen LogP) is 1.13. The van der Waals surface area contributed by atoms with Crippen molar-refractivity contribution < 1.29 is 41.9 Å². The highest BCUT2D eigenvalue weighted by atomic mass is 32.2. The summed E-state index contributed by atoms with van der Waals surface area (Å²) in [6.45, 7) is 4.06. The van der Waals surface area contributed by atoms with Gasteiger partial charge in [0.25, 0.3) is 10.1 Å². The second-order valence-corrected chi connectivity index (χ2v) is 12.0. The van der Waals surface area contributed by atoms with Gasteiger partial charge in [-0.1, -0.05) is 26.0 Å². The molecule has 3 amide bonds. The first-order chi connectivity index (χ1) is 17.8.